The first-order valence-electron chi connectivity index (χ1n) is 11.7. The number of rotatable bonds is 8. The number of carbonyl (C=O) groups excluding carboxylic acids is 3. The van der Waals surface area contributed by atoms with E-state index in [9.17, 15) is 14.4 Å². The van der Waals surface area contributed by atoms with Crippen LogP contribution in [0, 0.1) is 13.8 Å². The number of hydrogen-bond donors (Lipinski definition) is 0. The van der Waals surface area contributed by atoms with Crippen LogP contribution in [0.2, 0.25) is 0 Å². The zero-order chi connectivity index (χ0) is 25.7. The smallest absolute Gasteiger partial charge is 0.339 e. The lowest BCUT2D eigenvalue weighted by molar-refractivity contribution is 0.0472. The van der Waals surface area contributed by atoms with Crippen LogP contribution in [0.4, 0.5) is 5.69 Å². The zero-order valence-electron chi connectivity index (χ0n) is 20.6. The third-order valence-electron chi connectivity index (χ3n) is 6.22. The van der Waals surface area contributed by atoms with Crippen LogP contribution in [0.1, 0.15) is 48.0 Å². The highest BCUT2D eigenvalue weighted by Gasteiger charge is 2.23. The zero-order valence-corrected chi connectivity index (χ0v) is 20.6. The number of carbonyl (C=O) groups is 3. The summed E-state index contributed by atoms with van der Waals surface area (Å²) in [4.78, 5) is 40.5. The fourth-order valence-electron chi connectivity index (χ4n) is 4.18. The predicted molar refractivity (Wildman–Crippen MR) is 140 cm³/mol. The van der Waals surface area contributed by atoms with Gasteiger partial charge in [-0.25, -0.2) is 4.79 Å². The van der Waals surface area contributed by atoms with Crippen LogP contribution in [0.3, 0.4) is 0 Å². The van der Waals surface area contributed by atoms with Gasteiger partial charge in [0.1, 0.15) is 0 Å². The van der Waals surface area contributed by atoms with E-state index in [1.165, 1.54) is 11.0 Å². The molecule has 6 nitrogen and oxygen atoms in total. The maximum Gasteiger partial charge on any atom is 0.339 e. The summed E-state index contributed by atoms with van der Waals surface area (Å²) in [5.74, 6) is -1.35. The van der Waals surface area contributed by atoms with Gasteiger partial charge in [0.05, 0.1) is 11.1 Å². The molecule has 3 aromatic carbocycles. The minimum absolute atomic E-state index is 0.118. The lowest BCUT2D eigenvalue weighted by Gasteiger charge is -2.18. The molecule has 0 radical (unpaired) electrons. The highest BCUT2D eigenvalue weighted by molar-refractivity contribution is 6.12. The molecule has 0 unspecified atom stereocenters. The SMILES string of the molecule is Cc1cc(C(=O)COC(=O)c2ccccc2C(=O)N(C)c2ccccc2)c(C)n1Cc1ccccc1. The molecule has 0 aliphatic rings. The highest BCUT2D eigenvalue weighted by atomic mass is 16.5. The number of ether oxygens (including phenoxy) is 1. The summed E-state index contributed by atoms with van der Waals surface area (Å²) >= 11 is 0. The standard InChI is InChI=1S/C30H28N2O4/c1-21-18-27(22(2)32(21)19-23-12-6-4-7-13-23)28(33)20-36-30(35)26-17-11-10-16-25(26)29(34)31(3)24-14-8-5-9-15-24/h4-18H,19-20H2,1-3H3. The molecule has 182 valence electrons. The lowest BCUT2D eigenvalue weighted by atomic mass is 10.1. The van der Waals surface area contributed by atoms with E-state index in [-0.39, 0.29) is 22.8 Å². The van der Waals surface area contributed by atoms with Crippen LogP contribution in [0.5, 0.6) is 0 Å². The van der Waals surface area contributed by atoms with Crippen molar-refractivity contribution >= 4 is 23.3 Å². The van der Waals surface area contributed by atoms with E-state index < -0.39 is 12.6 Å². The van der Waals surface area contributed by atoms with Crippen LogP contribution < -0.4 is 4.90 Å². The van der Waals surface area contributed by atoms with Gasteiger partial charge in [0.15, 0.2) is 6.61 Å². The van der Waals surface area contributed by atoms with Gasteiger partial charge < -0.3 is 14.2 Å². The van der Waals surface area contributed by atoms with Crippen molar-refractivity contribution in [3.63, 3.8) is 0 Å². The van der Waals surface area contributed by atoms with Crippen molar-refractivity contribution in [1.82, 2.24) is 4.57 Å². The van der Waals surface area contributed by atoms with E-state index in [0.717, 1.165) is 17.0 Å². The lowest BCUT2D eigenvalue weighted by Crippen LogP contribution is -2.28. The van der Waals surface area contributed by atoms with E-state index in [1.54, 1.807) is 25.2 Å². The Morgan fingerprint density at radius 3 is 2.03 bits per heavy atom. The van der Waals surface area contributed by atoms with Crippen molar-refractivity contribution in [3.8, 4) is 0 Å². The van der Waals surface area contributed by atoms with Crippen LogP contribution in [-0.2, 0) is 11.3 Å². The maximum absolute atomic E-state index is 13.1. The minimum Gasteiger partial charge on any atom is -0.454 e. The molecule has 4 aromatic rings. The number of para-hydroxylation sites is 1. The van der Waals surface area contributed by atoms with Crippen molar-refractivity contribution in [3.05, 3.63) is 125 Å². The second-order valence-corrected chi connectivity index (χ2v) is 8.60. The fourth-order valence-corrected chi connectivity index (χ4v) is 4.18. The Morgan fingerprint density at radius 1 is 0.778 bits per heavy atom. The number of esters is 1. The molecule has 0 aliphatic heterocycles. The van der Waals surface area contributed by atoms with Gasteiger partial charge in [-0.2, -0.15) is 0 Å². The van der Waals surface area contributed by atoms with E-state index in [1.807, 2.05) is 80.6 Å². The number of aryl methyl sites for hydroxylation is 1. The van der Waals surface area contributed by atoms with Gasteiger partial charge >= 0.3 is 5.97 Å². The number of Topliss-reactive ketones (excluding diaryl/α,β-unsaturated/α-hetero) is 1. The molecule has 1 amide bonds. The van der Waals surface area contributed by atoms with Crippen molar-refractivity contribution in [1.29, 1.82) is 0 Å². The van der Waals surface area contributed by atoms with Gasteiger partial charge in [-0.1, -0.05) is 60.7 Å². The van der Waals surface area contributed by atoms with Gasteiger partial charge in [-0.05, 0) is 49.7 Å². The second kappa shape index (κ2) is 10.9. The number of amides is 1. The maximum atomic E-state index is 13.1. The number of hydrogen-bond acceptors (Lipinski definition) is 4. The monoisotopic (exact) mass is 480 g/mol. The molecular weight excluding hydrogens is 452 g/mol. The van der Waals surface area contributed by atoms with Gasteiger partial charge in [0.25, 0.3) is 5.91 Å². The molecule has 0 fully saturated rings. The Hall–Kier alpha value is -4.45. The Labute approximate surface area is 210 Å². The summed E-state index contributed by atoms with van der Waals surface area (Å²) in [6.45, 7) is 4.07. The molecule has 4 rings (SSSR count). The average Bonchev–Trinajstić information content (AvgIpc) is 3.20. The molecule has 1 heterocycles. The largest absolute Gasteiger partial charge is 0.454 e. The number of ketones is 1. The molecule has 0 N–H and O–H groups in total. The first-order valence-corrected chi connectivity index (χ1v) is 11.7. The Balaban J connectivity index is 1.47. The summed E-state index contributed by atoms with van der Waals surface area (Å²) in [5.41, 5.74) is 4.45. The van der Waals surface area contributed by atoms with Crippen LogP contribution in [0.15, 0.2) is 91.0 Å². The normalized spacial score (nSPS) is 10.6. The average molecular weight is 481 g/mol. The first kappa shape index (κ1) is 24.7. The highest BCUT2D eigenvalue weighted by Crippen LogP contribution is 2.20. The van der Waals surface area contributed by atoms with Gasteiger partial charge in [0.2, 0.25) is 5.78 Å². The summed E-state index contributed by atoms with van der Waals surface area (Å²) in [6, 6.07) is 27.4. The van der Waals surface area contributed by atoms with Gasteiger partial charge in [-0.15, -0.1) is 0 Å². The molecule has 0 spiro atoms. The summed E-state index contributed by atoms with van der Waals surface area (Å²) in [5, 5.41) is 0. The fraction of sp³-hybridized carbons (Fsp3) is 0.167. The van der Waals surface area contributed by atoms with Gasteiger partial charge in [-0.3, -0.25) is 9.59 Å². The molecule has 36 heavy (non-hydrogen) atoms. The molecule has 0 atom stereocenters. The van der Waals surface area contributed by atoms with Crippen LogP contribution in [0.25, 0.3) is 0 Å². The topological polar surface area (TPSA) is 68.6 Å². The van der Waals surface area contributed by atoms with E-state index in [4.69, 9.17) is 4.74 Å². The summed E-state index contributed by atoms with van der Waals surface area (Å²) < 4.78 is 7.44. The molecule has 1 aromatic heterocycles. The van der Waals surface area contributed by atoms with Crippen molar-refractivity contribution in [2.45, 2.75) is 20.4 Å². The van der Waals surface area contributed by atoms with E-state index in [2.05, 4.69) is 4.57 Å². The van der Waals surface area contributed by atoms with E-state index in [0.29, 0.717) is 17.8 Å². The third kappa shape index (κ3) is 5.28. The molecule has 0 aliphatic carbocycles. The number of anilines is 1. The van der Waals surface area contributed by atoms with Gasteiger partial charge in [0, 0.05) is 36.2 Å². The van der Waals surface area contributed by atoms with Crippen molar-refractivity contribution in [2.24, 2.45) is 0 Å². The quantitative estimate of drug-likeness (QED) is 0.248. The van der Waals surface area contributed by atoms with E-state index >= 15 is 0 Å². The molecule has 0 bridgehead atoms. The third-order valence-corrected chi connectivity index (χ3v) is 6.22. The Bertz CT molecular complexity index is 1390. The molecule has 0 saturated heterocycles. The Morgan fingerprint density at radius 2 is 1.36 bits per heavy atom. The molecule has 0 saturated carbocycles. The van der Waals surface area contributed by atoms with Crippen LogP contribution in [-0.4, -0.2) is 35.9 Å². The number of nitrogens with zero attached hydrogens (tertiary/aromatic N) is 2. The summed E-state index contributed by atoms with van der Waals surface area (Å²) in [6.07, 6.45) is 0. The first-order chi connectivity index (χ1) is 17.4. The van der Waals surface area contributed by atoms with Crippen molar-refractivity contribution in [2.75, 3.05) is 18.6 Å². The summed E-state index contributed by atoms with van der Waals surface area (Å²) in [7, 11) is 1.65. The number of benzene rings is 3. The number of aromatic nitrogens is 1. The van der Waals surface area contributed by atoms with Crippen LogP contribution >= 0.6 is 0 Å². The van der Waals surface area contributed by atoms with Crippen molar-refractivity contribution < 1.29 is 19.1 Å². The second-order valence-electron chi connectivity index (χ2n) is 8.60. The molecular formula is C30H28N2O4. The molecule has 6 heteroatoms. The minimum atomic E-state index is -0.716. The predicted octanol–water partition coefficient (Wildman–Crippen LogP) is 5.47. The Kier molecular flexibility index (Phi) is 7.44.